The van der Waals surface area contributed by atoms with Crippen LogP contribution in [0.25, 0.3) is 6.08 Å². The molecule has 1 heterocycles. The zero-order valence-corrected chi connectivity index (χ0v) is 15.8. The fourth-order valence-electron chi connectivity index (χ4n) is 2.81. The largest absolute Gasteiger partial charge is 0.483 e. The van der Waals surface area contributed by atoms with E-state index in [9.17, 15) is 4.79 Å². The van der Waals surface area contributed by atoms with Crippen molar-refractivity contribution in [1.29, 1.82) is 0 Å². The first kappa shape index (κ1) is 20.7. The van der Waals surface area contributed by atoms with Crippen LogP contribution < -0.4 is 0 Å². The van der Waals surface area contributed by atoms with Crippen LogP contribution in [0, 0.1) is 0 Å². The zero-order chi connectivity index (χ0) is 19.5. The molecule has 1 aliphatic heterocycles. The molecule has 6 heteroatoms. The van der Waals surface area contributed by atoms with Gasteiger partial charge in [0.15, 0.2) is 0 Å². The van der Waals surface area contributed by atoms with E-state index >= 15 is 0 Å². The highest BCUT2D eigenvalue weighted by Gasteiger charge is 2.19. The summed E-state index contributed by atoms with van der Waals surface area (Å²) in [6, 6.07) is 17.9. The lowest BCUT2D eigenvalue weighted by Crippen LogP contribution is -2.47. The molecule has 0 bridgehead atoms. The Morgan fingerprint density at radius 2 is 1.59 bits per heavy atom. The molecule has 1 aliphatic rings. The standard InChI is InChI=1S/C20H21ClN2O.CH2O2/c21-19-9-6-18(7-10-19)16-22-12-14-23(15-13-22)20(24)11-8-17-4-2-1-3-5-17;2-1-3/h1-11H,12-16H2;1H,(H,2,3)/b11-8+;. The van der Waals surface area contributed by atoms with Crippen molar-refractivity contribution in [2.24, 2.45) is 0 Å². The molecular weight excluding hydrogens is 364 g/mol. The van der Waals surface area contributed by atoms with Gasteiger partial charge in [0.2, 0.25) is 5.91 Å². The lowest BCUT2D eigenvalue weighted by atomic mass is 10.2. The Balaban J connectivity index is 0.000000817. The Bertz CT molecular complexity index is 740. The van der Waals surface area contributed by atoms with Crippen molar-refractivity contribution >= 4 is 30.1 Å². The number of benzene rings is 2. The van der Waals surface area contributed by atoms with E-state index in [4.69, 9.17) is 21.5 Å². The molecule has 2 aromatic carbocycles. The van der Waals surface area contributed by atoms with Gasteiger partial charge >= 0.3 is 0 Å². The maximum atomic E-state index is 12.3. The van der Waals surface area contributed by atoms with Crippen molar-refractivity contribution < 1.29 is 14.7 Å². The molecule has 0 aliphatic carbocycles. The molecule has 142 valence electrons. The highest BCUT2D eigenvalue weighted by molar-refractivity contribution is 6.30. The van der Waals surface area contributed by atoms with E-state index in [-0.39, 0.29) is 12.4 Å². The van der Waals surface area contributed by atoms with E-state index in [0.717, 1.165) is 43.3 Å². The van der Waals surface area contributed by atoms with Crippen LogP contribution >= 0.6 is 11.6 Å². The summed E-state index contributed by atoms with van der Waals surface area (Å²) in [5, 5.41) is 7.65. The fraction of sp³-hybridized carbons (Fsp3) is 0.238. The normalized spacial score (nSPS) is 14.5. The van der Waals surface area contributed by atoms with Crippen LogP contribution in [0.2, 0.25) is 5.02 Å². The summed E-state index contributed by atoms with van der Waals surface area (Å²) in [5.74, 6) is 0.0880. The summed E-state index contributed by atoms with van der Waals surface area (Å²) >= 11 is 5.92. The number of amides is 1. The number of piperazine rings is 1. The number of rotatable bonds is 4. The van der Waals surface area contributed by atoms with Gasteiger partial charge < -0.3 is 10.0 Å². The maximum Gasteiger partial charge on any atom is 0.290 e. The Morgan fingerprint density at radius 1 is 1.00 bits per heavy atom. The van der Waals surface area contributed by atoms with Gasteiger partial charge in [-0.3, -0.25) is 14.5 Å². The van der Waals surface area contributed by atoms with Crippen LogP contribution in [0.15, 0.2) is 60.7 Å². The lowest BCUT2D eigenvalue weighted by Gasteiger charge is -2.34. The minimum atomic E-state index is -0.250. The number of halogens is 1. The van der Waals surface area contributed by atoms with Crippen LogP contribution in [0.4, 0.5) is 0 Å². The Labute approximate surface area is 164 Å². The summed E-state index contributed by atoms with van der Waals surface area (Å²) in [7, 11) is 0. The zero-order valence-electron chi connectivity index (χ0n) is 15.0. The van der Waals surface area contributed by atoms with Crippen LogP contribution in [0.1, 0.15) is 11.1 Å². The predicted molar refractivity (Wildman–Crippen MR) is 107 cm³/mol. The summed E-state index contributed by atoms with van der Waals surface area (Å²) in [5.41, 5.74) is 2.30. The number of carboxylic acid groups (broad SMARTS) is 1. The van der Waals surface area contributed by atoms with Crippen LogP contribution in [0.5, 0.6) is 0 Å². The fourth-order valence-corrected chi connectivity index (χ4v) is 2.94. The molecule has 0 atom stereocenters. The first-order valence-corrected chi connectivity index (χ1v) is 9.07. The van der Waals surface area contributed by atoms with Crippen molar-refractivity contribution in [2.45, 2.75) is 6.54 Å². The van der Waals surface area contributed by atoms with E-state index in [1.54, 1.807) is 6.08 Å². The van der Waals surface area contributed by atoms with Crippen molar-refractivity contribution in [2.75, 3.05) is 26.2 Å². The minimum Gasteiger partial charge on any atom is -0.483 e. The molecular formula is C21H23ClN2O3. The van der Waals surface area contributed by atoms with E-state index in [2.05, 4.69) is 17.0 Å². The third-order valence-corrected chi connectivity index (χ3v) is 4.47. The molecule has 0 spiro atoms. The first-order valence-electron chi connectivity index (χ1n) is 8.69. The molecule has 2 aromatic rings. The van der Waals surface area contributed by atoms with E-state index in [1.165, 1.54) is 5.56 Å². The smallest absolute Gasteiger partial charge is 0.290 e. The summed E-state index contributed by atoms with van der Waals surface area (Å²) < 4.78 is 0. The molecule has 0 unspecified atom stereocenters. The third kappa shape index (κ3) is 7.25. The summed E-state index contributed by atoms with van der Waals surface area (Å²) in [6.07, 6.45) is 3.55. The van der Waals surface area contributed by atoms with Crippen LogP contribution in [0.3, 0.4) is 0 Å². The second-order valence-electron chi connectivity index (χ2n) is 6.08. The molecule has 1 amide bonds. The number of nitrogens with zero attached hydrogens (tertiary/aromatic N) is 2. The van der Waals surface area contributed by atoms with Gasteiger partial charge in [-0.1, -0.05) is 54.1 Å². The van der Waals surface area contributed by atoms with Crippen molar-refractivity contribution in [3.8, 4) is 0 Å². The molecule has 27 heavy (non-hydrogen) atoms. The average Bonchev–Trinajstić information content (AvgIpc) is 2.70. The van der Waals surface area contributed by atoms with Gasteiger partial charge in [-0.15, -0.1) is 0 Å². The summed E-state index contributed by atoms with van der Waals surface area (Å²) in [6.45, 7) is 3.98. The predicted octanol–water partition coefficient (Wildman–Crippen LogP) is 3.40. The molecule has 0 aromatic heterocycles. The molecule has 1 N–H and O–H groups in total. The van der Waals surface area contributed by atoms with E-state index in [1.807, 2.05) is 53.4 Å². The van der Waals surface area contributed by atoms with Crippen LogP contribution in [-0.2, 0) is 16.1 Å². The third-order valence-electron chi connectivity index (χ3n) is 4.22. The quantitative estimate of drug-likeness (QED) is 0.646. The number of carbonyl (C=O) groups excluding carboxylic acids is 1. The molecule has 0 radical (unpaired) electrons. The van der Waals surface area contributed by atoms with Crippen molar-refractivity contribution in [3.63, 3.8) is 0 Å². The second-order valence-corrected chi connectivity index (χ2v) is 6.51. The topological polar surface area (TPSA) is 60.9 Å². The lowest BCUT2D eigenvalue weighted by molar-refractivity contribution is -0.127. The van der Waals surface area contributed by atoms with Gasteiger partial charge in [-0.05, 0) is 29.3 Å². The highest BCUT2D eigenvalue weighted by Crippen LogP contribution is 2.13. The van der Waals surface area contributed by atoms with Gasteiger partial charge in [0.05, 0.1) is 0 Å². The maximum absolute atomic E-state index is 12.3. The SMILES string of the molecule is O=C(/C=C/c1ccccc1)N1CCN(Cc2ccc(Cl)cc2)CC1.O=CO. The van der Waals surface area contributed by atoms with Gasteiger partial charge in [0, 0.05) is 43.8 Å². The van der Waals surface area contributed by atoms with Crippen molar-refractivity contribution in [3.05, 3.63) is 76.8 Å². The van der Waals surface area contributed by atoms with E-state index < -0.39 is 0 Å². The molecule has 1 fully saturated rings. The first-order chi connectivity index (χ1) is 13.1. The molecule has 3 rings (SSSR count). The second kappa shape index (κ2) is 11.2. The number of hydrogen-bond acceptors (Lipinski definition) is 3. The monoisotopic (exact) mass is 386 g/mol. The summed E-state index contributed by atoms with van der Waals surface area (Å²) in [4.78, 5) is 24.9. The van der Waals surface area contributed by atoms with Gasteiger partial charge in [-0.2, -0.15) is 0 Å². The molecule has 1 saturated heterocycles. The van der Waals surface area contributed by atoms with E-state index in [0.29, 0.717) is 0 Å². The molecule has 5 nitrogen and oxygen atoms in total. The van der Waals surface area contributed by atoms with Gasteiger partial charge in [-0.25, -0.2) is 0 Å². The Morgan fingerprint density at radius 3 is 2.19 bits per heavy atom. The number of hydrogen-bond donors (Lipinski definition) is 1. The minimum absolute atomic E-state index is 0.0880. The highest BCUT2D eigenvalue weighted by atomic mass is 35.5. The Hall–Kier alpha value is -2.63. The van der Waals surface area contributed by atoms with Gasteiger partial charge in [0.1, 0.15) is 0 Å². The van der Waals surface area contributed by atoms with Crippen LogP contribution in [-0.4, -0.2) is 53.5 Å². The molecule has 0 saturated carbocycles. The average molecular weight is 387 g/mol. The number of carbonyl (C=O) groups is 2. The Kier molecular flexibility index (Phi) is 8.55. The van der Waals surface area contributed by atoms with Crippen molar-refractivity contribution in [1.82, 2.24) is 9.80 Å². The van der Waals surface area contributed by atoms with Gasteiger partial charge in [0.25, 0.3) is 6.47 Å².